The number of carbonyl (C=O) groups excluding carboxylic acids is 4. The Labute approximate surface area is 273 Å². The quantitative estimate of drug-likeness (QED) is 0.306. The molecule has 0 spiro atoms. The lowest BCUT2D eigenvalue weighted by molar-refractivity contribution is -0.307. The molecule has 2 aliphatic heterocycles. The number of rotatable bonds is 7. The second kappa shape index (κ2) is 18.1. The molecule has 1 fully saturated rings. The highest BCUT2D eigenvalue weighted by Crippen LogP contribution is 2.35. The molecule has 0 aromatic rings. The Morgan fingerprint density at radius 1 is 1.00 bits per heavy atom. The minimum Gasteiger partial charge on any atom is -0.462 e. The van der Waals surface area contributed by atoms with Crippen molar-refractivity contribution in [2.24, 2.45) is 23.7 Å². The standard InChI is InChI=1S/C34H55NO11/c1-11-28-25(17-36)14-18(2)12-13-26(39)19(3)15-20(4)31(21(5)27(40)16-29(41)45-28)46-34-33(44-24(8)38)30(35(9)10)32(22(6)42-34)43-23(7)37/h12-14,19-22,25,27-28,30-34,36,40H,11,15-17H2,1-10H3/t19-,20+,21+,22?,25-,27-,28-,30?,31+,32?,33?,34?/m1/s1. The maximum Gasteiger partial charge on any atom is 0.308 e. The number of carbonyl (C=O) groups is 4. The summed E-state index contributed by atoms with van der Waals surface area (Å²) in [6, 6.07) is -0.634. The summed E-state index contributed by atoms with van der Waals surface area (Å²) in [5.41, 5.74) is 0.742. The summed E-state index contributed by atoms with van der Waals surface area (Å²) in [7, 11) is 3.53. The first-order chi connectivity index (χ1) is 21.5. The van der Waals surface area contributed by atoms with Gasteiger partial charge >= 0.3 is 17.9 Å². The van der Waals surface area contributed by atoms with Crippen molar-refractivity contribution in [2.45, 2.75) is 124 Å². The number of aliphatic hydroxyl groups excluding tert-OH is 2. The number of ether oxygens (including phenoxy) is 5. The van der Waals surface area contributed by atoms with Gasteiger partial charge in [-0.3, -0.25) is 24.1 Å². The van der Waals surface area contributed by atoms with Crippen LogP contribution in [-0.2, 0) is 42.9 Å². The molecular weight excluding hydrogens is 598 g/mol. The molecule has 0 saturated carbocycles. The second-order valence-electron chi connectivity index (χ2n) is 13.1. The van der Waals surface area contributed by atoms with Crippen molar-refractivity contribution < 1.29 is 53.1 Å². The summed E-state index contributed by atoms with van der Waals surface area (Å²) in [5, 5.41) is 21.4. The largest absolute Gasteiger partial charge is 0.462 e. The Hall–Kier alpha value is -2.64. The van der Waals surface area contributed by atoms with E-state index in [1.54, 1.807) is 45.0 Å². The molecule has 0 aromatic carbocycles. The number of hydrogen-bond donors (Lipinski definition) is 2. The molecule has 5 unspecified atom stereocenters. The lowest BCUT2D eigenvalue weighted by Crippen LogP contribution is -2.65. The van der Waals surface area contributed by atoms with Crippen molar-refractivity contribution >= 4 is 23.7 Å². The molecular formula is C34H55NO11. The fourth-order valence-electron chi connectivity index (χ4n) is 6.42. The van der Waals surface area contributed by atoms with Gasteiger partial charge in [-0.2, -0.15) is 0 Å². The predicted octanol–water partition coefficient (Wildman–Crippen LogP) is 2.97. The van der Waals surface area contributed by atoms with Gasteiger partial charge in [-0.15, -0.1) is 0 Å². The smallest absolute Gasteiger partial charge is 0.308 e. The normalized spacial score (nSPS) is 36.9. The molecule has 0 aliphatic carbocycles. The van der Waals surface area contributed by atoms with Crippen LogP contribution in [0.1, 0.15) is 74.7 Å². The Morgan fingerprint density at radius 3 is 2.15 bits per heavy atom. The van der Waals surface area contributed by atoms with Crippen molar-refractivity contribution in [3.63, 3.8) is 0 Å². The van der Waals surface area contributed by atoms with E-state index in [-0.39, 0.29) is 24.7 Å². The lowest BCUT2D eigenvalue weighted by Gasteiger charge is -2.48. The highest BCUT2D eigenvalue weighted by Gasteiger charge is 2.51. The topological polar surface area (TPSA) is 158 Å². The van der Waals surface area contributed by atoms with Gasteiger partial charge in [-0.1, -0.05) is 45.4 Å². The summed E-state index contributed by atoms with van der Waals surface area (Å²) in [5.74, 6) is -3.73. The first kappa shape index (κ1) is 39.5. The average molecular weight is 654 g/mol. The maximum atomic E-state index is 13.2. The van der Waals surface area contributed by atoms with Crippen LogP contribution in [0.15, 0.2) is 23.8 Å². The van der Waals surface area contributed by atoms with E-state index in [2.05, 4.69) is 0 Å². The summed E-state index contributed by atoms with van der Waals surface area (Å²) < 4.78 is 29.9. The molecule has 0 aromatic heterocycles. The van der Waals surface area contributed by atoms with E-state index < -0.39 is 84.6 Å². The van der Waals surface area contributed by atoms with Crippen molar-refractivity contribution in [3.05, 3.63) is 23.8 Å². The Kier molecular flexibility index (Phi) is 15.5. The number of ketones is 1. The molecule has 12 nitrogen and oxygen atoms in total. The number of allylic oxidation sites excluding steroid dienone is 3. The number of nitrogens with zero attached hydrogens (tertiary/aromatic N) is 1. The van der Waals surface area contributed by atoms with E-state index in [1.165, 1.54) is 19.9 Å². The molecule has 262 valence electrons. The van der Waals surface area contributed by atoms with E-state index in [1.807, 2.05) is 27.7 Å². The molecule has 2 rings (SSSR count). The Bertz CT molecular complexity index is 1100. The summed E-state index contributed by atoms with van der Waals surface area (Å²) >= 11 is 0. The van der Waals surface area contributed by atoms with E-state index in [0.717, 1.165) is 5.57 Å². The van der Waals surface area contributed by atoms with Crippen LogP contribution in [0.2, 0.25) is 0 Å². The van der Waals surface area contributed by atoms with Crippen molar-refractivity contribution in [3.8, 4) is 0 Å². The average Bonchev–Trinajstić information content (AvgIpc) is 2.96. The van der Waals surface area contributed by atoms with Crippen LogP contribution in [-0.4, -0.2) is 108 Å². The van der Waals surface area contributed by atoms with Gasteiger partial charge in [0, 0.05) is 31.6 Å². The number of likely N-dealkylation sites (N-methyl/N-ethyl adjacent to an activating group) is 1. The van der Waals surface area contributed by atoms with Crippen molar-refractivity contribution in [1.29, 1.82) is 0 Å². The number of aliphatic hydroxyl groups is 2. The Balaban J connectivity index is 2.54. The number of cyclic esters (lactones) is 1. The van der Waals surface area contributed by atoms with E-state index >= 15 is 0 Å². The summed E-state index contributed by atoms with van der Waals surface area (Å²) in [4.78, 5) is 52.3. The van der Waals surface area contributed by atoms with Crippen LogP contribution in [0.5, 0.6) is 0 Å². The molecule has 2 heterocycles. The number of hydrogen-bond acceptors (Lipinski definition) is 12. The van der Waals surface area contributed by atoms with Crippen molar-refractivity contribution in [1.82, 2.24) is 4.90 Å². The third kappa shape index (κ3) is 11.0. The fraction of sp³-hybridized carbons (Fsp3) is 0.765. The highest BCUT2D eigenvalue weighted by molar-refractivity contribution is 5.91. The molecule has 2 N–H and O–H groups in total. The van der Waals surface area contributed by atoms with Gasteiger partial charge < -0.3 is 33.9 Å². The van der Waals surface area contributed by atoms with Crippen LogP contribution in [0.25, 0.3) is 0 Å². The first-order valence-electron chi connectivity index (χ1n) is 16.2. The molecule has 12 atom stereocenters. The van der Waals surface area contributed by atoms with Gasteiger partial charge in [-0.05, 0) is 52.8 Å². The molecule has 46 heavy (non-hydrogen) atoms. The van der Waals surface area contributed by atoms with E-state index in [0.29, 0.717) is 12.8 Å². The van der Waals surface area contributed by atoms with Crippen LogP contribution >= 0.6 is 0 Å². The minimum absolute atomic E-state index is 0.102. The minimum atomic E-state index is -1.20. The van der Waals surface area contributed by atoms with Gasteiger partial charge in [-0.25, -0.2) is 0 Å². The SMILES string of the molecule is CC[C@H]1OC(=O)C[C@@H](O)[C@H](C)[C@@H](OC2OC(C)C(OC(C)=O)C(N(C)C)C2OC(C)=O)[C@@H](C)C[C@@H](C)C(=O)C=CC(C)=C[C@@H]1CO. The van der Waals surface area contributed by atoms with Gasteiger partial charge in [0.15, 0.2) is 18.2 Å². The molecule has 2 aliphatic rings. The lowest BCUT2D eigenvalue weighted by atomic mass is 9.82. The summed E-state index contributed by atoms with van der Waals surface area (Å²) in [6.45, 7) is 13.1. The van der Waals surface area contributed by atoms with Gasteiger partial charge in [0.2, 0.25) is 0 Å². The monoisotopic (exact) mass is 653 g/mol. The van der Waals surface area contributed by atoms with Crippen molar-refractivity contribution in [2.75, 3.05) is 20.7 Å². The molecule has 12 heteroatoms. The Morgan fingerprint density at radius 2 is 1.61 bits per heavy atom. The third-order valence-electron chi connectivity index (χ3n) is 8.88. The highest BCUT2D eigenvalue weighted by atomic mass is 16.7. The molecule has 0 amide bonds. The van der Waals surface area contributed by atoms with Crippen LogP contribution in [0.4, 0.5) is 0 Å². The van der Waals surface area contributed by atoms with Gasteiger partial charge in [0.25, 0.3) is 0 Å². The zero-order chi connectivity index (χ0) is 34.9. The third-order valence-corrected chi connectivity index (χ3v) is 8.88. The van der Waals surface area contributed by atoms with E-state index in [4.69, 9.17) is 23.7 Å². The van der Waals surface area contributed by atoms with Crippen LogP contribution < -0.4 is 0 Å². The maximum absolute atomic E-state index is 13.2. The zero-order valence-electron chi connectivity index (χ0n) is 29.0. The van der Waals surface area contributed by atoms with Gasteiger partial charge in [0.1, 0.15) is 12.2 Å². The summed E-state index contributed by atoms with van der Waals surface area (Å²) in [6.07, 6.45) is -0.732. The molecule has 0 radical (unpaired) electrons. The predicted molar refractivity (Wildman–Crippen MR) is 169 cm³/mol. The van der Waals surface area contributed by atoms with Gasteiger partial charge in [0.05, 0.1) is 37.4 Å². The molecule has 1 saturated heterocycles. The zero-order valence-corrected chi connectivity index (χ0v) is 29.0. The number of esters is 3. The fourth-order valence-corrected chi connectivity index (χ4v) is 6.42. The first-order valence-corrected chi connectivity index (χ1v) is 16.2. The van der Waals surface area contributed by atoms with E-state index in [9.17, 15) is 29.4 Å². The van der Waals surface area contributed by atoms with Crippen LogP contribution in [0, 0.1) is 23.7 Å². The second-order valence-corrected chi connectivity index (χ2v) is 13.1. The molecule has 0 bridgehead atoms. The van der Waals surface area contributed by atoms with Crippen LogP contribution in [0.3, 0.4) is 0 Å².